The van der Waals surface area contributed by atoms with E-state index in [1.54, 1.807) is 19.1 Å². The summed E-state index contributed by atoms with van der Waals surface area (Å²) in [6.45, 7) is 8.58. The van der Waals surface area contributed by atoms with Gasteiger partial charge in [-0.2, -0.15) is 0 Å². The van der Waals surface area contributed by atoms with Gasteiger partial charge in [0.15, 0.2) is 23.0 Å². The number of benzene rings is 3. The topological polar surface area (TPSA) is 175 Å². The minimum absolute atomic E-state index is 0.00360. The summed E-state index contributed by atoms with van der Waals surface area (Å²) in [6.07, 6.45) is -3.18. The molecule has 2 unspecified atom stereocenters. The molecule has 0 saturated heterocycles. The van der Waals surface area contributed by atoms with Gasteiger partial charge in [-0.3, -0.25) is 19.2 Å². The molecule has 0 bridgehead atoms. The summed E-state index contributed by atoms with van der Waals surface area (Å²) < 4.78 is 0. The Hall–Kier alpha value is -3.92. The lowest BCUT2D eigenvalue weighted by Crippen LogP contribution is -2.79. The standard InChI is InChI=1S/C36H39NO8/c1-16(2)27-30(41)26(33(37)44)31(42)36(45)32(43)28-29(40)25-23(14-34(28,4)15-35(27,36)5)22(12-13-24(25)39)21-11-10-18(17(3)38)19-8-6-7-9-20(19)21/h6-13,16,26-28,30,32,39,41,43,45H,14-15H2,1-5H3,(H2,37,44)/t26-,27+,28-,30?,32?,34-,35-,36+/m1/s1. The molecular formula is C36H39NO8. The first-order valence-electron chi connectivity index (χ1n) is 15.4. The van der Waals surface area contributed by atoms with E-state index < -0.39 is 63.9 Å². The summed E-state index contributed by atoms with van der Waals surface area (Å²) >= 11 is 0. The molecule has 2 fully saturated rings. The fraction of sp³-hybridized carbons (Fsp3) is 0.444. The Morgan fingerprint density at radius 2 is 1.58 bits per heavy atom. The van der Waals surface area contributed by atoms with Crippen molar-refractivity contribution in [2.24, 2.45) is 40.2 Å². The molecule has 3 aromatic carbocycles. The predicted octanol–water partition coefficient (Wildman–Crippen LogP) is 3.60. The van der Waals surface area contributed by atoms with E-state index in [0.717, 1.165) is 16.3 Å². The molecule has 9 nitrogen and oxygen atoms in total. The maximum atomic E-state index is 14.5. The third kappa shape index (κ3) is 3.96. The molecule has 1 amide bonds. The van der Waals surface area contributed by atoms with Crippen molar-refractivity contribution in [3.05, 3.63) is 65.2 Å². The molecule has 3 aromatic rings. The van der Waals surface area contributed by atoms with Crippen LogP contribution in [-0.4, -0.2) is 61.5 Å². The number of fused-ring (bicyclic) bond motifs is 4. The first kappa shape index (κ1) is 31.1. The fourth-order valence-corrected chi connectivity index (χ4v) is 9.63. The summed E-state index contributed by atoms with van der Waals surface area (Å²) in [6, 6.07) is 14.2. The highest BCUT2D eigenvalue weighted by Gasteiger charge is 2.75. The van der Waals surface area contributed by atoms with Crippen molar-refractivity contribution in [2.45, 2.75) is 65.3 Å². The molecule has 6 rings (SSSR count). The second-order valence-corrected chi connectivity index (χ2v) is 14.2. The Morgan fingerprint density at radius 3 is 2.18 bits per heavy atom. The number of primary amides is 1. The van der Waals surface area contributed by atoms with Crippen molar-refractivity contribution < 1.29 is 39.6 Å². The summed E-state index contributed by atoms with van der Waals surface area (Å²) in [5.41, 5.74) is 3.05. The smallest absolute Gasteiger partial charge is 0.230 e. The van der Waals surface area contributed by atoms with Gasteiger partial charge in [0.1, 0.15) is 17.8 Å². The number of aromatic hydroxyl groups is 1. The largest absolute Gasteiger partial charge is 0.507 e. The van der Waals surface area contributed by atoms with Gasteiger partial charge in [-0.05, 0) is 70.5 Å². The molecule has 0 heterocycles. The number of ketones is 3. The van der Waals surface area contributed by atoms with Crippen molar-refractivity contribution in [3.8, 4) is 16.9 Å². The maximum absolute atomic E-state index is 14.5. The molecule has 8 atom stereocenters. The van der Waals surface area contributed by atoms with Crippen LogP contribution in [0.4, 0.5) is 0 Å². The second-order valence-electron chi connectivity index (χ2n) is 14.2. The highest BCUT2D eigenvalue weighted by Crippen LogP contribution is 2.66. The van der Waals surface area contributed by atoms with E-state index in [1.165, 1.54) is 13.0 Å². The third-order valence-electron chi connectivity index (χ3n) is 11.3. The highest BCUT2D eigenvalue weighted by molar-refractivity contribution is 6.13. The Kier molecular flexibility index (Phi) is 6.93. The molecule has 2 saturated carbocycles. The molecule has 3 aliphatic carbocycles. The SMILES string of the molecule is CC(=O)c1ccc(-c2ccc(O)c3c2C[C@]2(C)C[C@]4(C)[C@@H](C(C)C)C(O)[C@@H](C(N)=O)C(=O)[C@]4(O)C(O)[C@H]2C3=O)c2ccccc12. The number of nitrogens with two attached hydrogens (primary N) is 1. The van der Waals surface area contributed by atoms with Crippen LogP contribution in [0.5, 0.6) is 5.75 Å². The van der Waals surface area contributed by atoms with Gasteiger partial charge < -0.3 is 26.2 Å². The van der Waals surface area contributed by atoms with Gasteiger partial charge in [0.2, 0.25) is 5.91 Å². The van der Waals surface area contributed by atoms with E-state index in [1.807, 2.05) is 51.1 Å². The predicted molar refractivity (Wildman–Crippen MR) is 166 cm³/mol. The fourth-order valence-electron chi connectivity index (χ4n) is 9.63. The molecule has 45 heavy (non-hydrogen) atoms. The number of rotatable bonds is 4. The molecular weight excluding hydrogens is 574 g/mol. The normalized spacial score (nSPS) is 34.3. The minimum Gasteiger partial charge on any atom is -0.507 e. The van der Waals surface area contributed by atoms with Crippen LogP contribution in [-0.2, 0) is 16.0 Å². The van der Waals surface area contributed by atoms with Gasteiger partial charge in [-0.15, -0.1) is 0 Å². The van der Waals surface area contributed by atoms with Gasteiger partial charge >= 0.3 is 0 Å². The lowest BCUT2D eigenvalue weighted by atomic mass is 9.39. The van der Waals surface area contributed by atoms with E-state index in [4.69, 9.17) is 5.73 Å². The van der Waals surface area contributed by atoms with Crippen molar-refractivity contribution in [3.63, 3.8) is 0 Å². The van der Waals surface area contributed by atoms with E-state index in [-0.39, 0.29) is 35.9 Å². The molecule has 3 aliphatic rings. The average Bonchev–Trinajstić information content (AvgIpc) is 2.94. The summed E-state index contributed by atoms with van der Waals surface area (Å²) in [7, 11) is 0. The number of phenolic OH excluding ortho intramolecular Hbond substituents is 1. The van der Waals surface area contributed by atoms with Crippen molar-refractivity contribution in [1.29, 1.82) is 0 Å². The van der Waals surface area contributed by atoms with Crippen LogP contribution in [0.1, 0.15) is 67.3 Å². The number of hydrogen-bond acceptors (Lipinski definition) is 8. The van der Waals surface area contributed by atoms with Crippen LogP contribution >= 0.6 is 0 Å². The monoisotopic (exact) mass is 613 g/mol. The molecule has 0 aliphatic heterocycles. The number of aliphatic hydroxyl groups excluding tert-OH is 2. The van der Waals surface area contributed by atoms with Crippen LogP contribution in [0, 0.1) is 34.5 Å². The number of carbonyl (C=O) groups is 4. The van der Waals surface area contributed by atoms with Crippen molar-refractivity contribution >= 4 is 34.0 Å². The van der Waals surface area contributed by atoms with E-state index in [2.05, 4.69) is 0 Å². The van der Waals surface area contributed by atoms with Crippen molar-refractivity contribution in [1.82, 2.24) is 0 Å². The second kappa shape index (κ2) is 10.0. The average molecular weight is 614 g/mol. The Bertz CT molecular complexity index is 1810. The van der Waals surface area contributed by atoms with Gasteiger partial charge in [-0.25, -0.2) is 0 Å². The number of amides is 1. The highest BCUT2D eigenvalue weighted by atomic mass is 16.4. The summed E-state index contributed by atoms with van der Waals surface area (Å²) in [5, 5.41) is 48.3. The van der Waals surface area contributed by atoms with Gasteiger partial charge in [-0.1, -0.05) is 70.2 Å². The molecule has 0 aromatic heterocycles. The molecule has 236 valence electrons. The van der Waals surface area contributed by atoms with E-state index >= 15 is 0 Å². The Labute approximate surface area is 261 Å². The van der Waals surface area contributed by atoms with Crippen LogP contribution in [0.25, 0.3) is 21.9 Å². The lowest BCUT2D eigenvalue weighted by Gasteiger charge is -2.66. The quantitative estimate of drug-likeness (QED) is 0.219. The van der Waals surface area contributed by atoms with Crippen LogP contribution in [0.3, 0.4) is 0 Å². The van der Waals surface area contributed by atoms with Gasteiger partial charge in [0, 0.05) is 11.0 Å². The van der Waals surface area contributed by atoms with E-state index in [9.17, 15) is 39.6 Å². The van der Waals surface area contributed by atoms with Gasteiger partial charge in [0.05, 0.1) is 17.6 Å². The minimum atomic E-state index is -2.57. The summed E-state index contributed by atoms with van der Waals surface area (Å²) in [5.74, 6) is -7.43. The first-order chi connectivity index (χ1) is 21.0. The number of carbonyl (C=O) groups excluding carboxylic acids is 4. The van der Waals surface area contributed by atoms with Crippen LogP contribution < -0.4 is 5.73 Å². The maximum Gasteiger partial charge on any atom is 0.230 e. The zero-order valence-corrected chi connectivity index (χ0v) is 26.0. The number of hydrogen-bond donors (Lipinski definition) is 5. The first-order valence-corrected chi connectivity index (χ1v) is 15.4. The lowest BCUT2D eigenvalue weighted by molar-refractivity contribution is -0.265. The third-order valence-corrected chi connectivity index (χ3v) is 11.3. The molecule has 0 radical (unpaired) electrons. The number of phenols is 1. The van der Waals surface area contributed by atoms with Crippen LogP contribution in [0.15, 0.2) is 48.5 Å². The zero-order valence-electron chi connectivity index (χ0n) is 26.0. The van der Waals surface area contributed by atoms with Crippen molar-refractivity contribution in [2.75, 3.05) is 0 Å². The number of Topliss-reactive ketones (excluding diaryl/α,β-unsaturated/α-hetero) is 3. The van der Waals surface area contributed by atoms with Gasteiger partial charge in [0.25, 0.3) is 0 Å². The van der Waals surface area contributed by atoms with E-state index in [0.29, 0.717) is 16.7 Å². The zero-order chi connectivity index (χ0) is 33.0. The number of aliphatic hydroxyl groups is 3. The van der Waals surface area contributed by atoms with Crippen LogP contribution in [0.2, 0.25) is 0 Å². The molecule has 0 spiro atoms. The summed E-state index contributed by atoms with van der Waals surface area (Å²) in [4.78, 5) is 53.2. The Balaban J connectivity index is 1.58. The Morgan fingerprint density at radius 1 is 0.956 bits per heavy atom. The molecule has 9 heteroatoms. The molecule has 6 N–H and O–H groups in total.